The molecule has 0 amide bonds. The van der Waals surface area contributed by atoms with E-state index in [1.54, 1.807) is 12.1 Å². The van der Waals surface area contributed by atoms with Crippen LogP contribution < -0.4 is 0 Å². The Hall–Kier alpha value is -2.92. The van der Waals surface area contributed by atoms with E-state index >= 15 is 0 Å². The molecular weight excluding hydrogens is 340 g/mol. The lowest BCUT2D eigenvalue weighted by atomic mass is 9.89. The summed E-state index contributed by atoms with van der Waals surface area (Å²) in [5, 5.41) is 13.4. The highest BCUT2D eigenvalue weighted by atomic mass is 16.5. The molecule has 1 aliphatic heterocycles. The third-order valence-electron chi connectivity index (χ3n) is 5.12. The molecule has 0 spiro atoms. The van der Waals surface area contributed by atoms with Crippen molar-refractivity contribution in [1.29, 1.82) is 0 Å². The molecule has 1 aromatic heterocycles. The molecule has 0 radical (unpaired) electrons. The molecule has 2 heterocycles. The van der Waals surface area contributed by atoms with Crippen LogP contribution in [0.2, 0.25) is 0 Å². The Morgan fingerprint density at radius 1 is 1.15 bits per heavy atom. The Balaban J connectivity index is 1.44. The average Bonchev–Trinajstić information content (AvgIpc) is 3.17. The molecule has 5 nitrogen and oxygen atoms in total. The molecule has 0 bridgehead atoms. The van der Waals surface area contributed by atoms with Gasteiger partial charge in [-0.25, -0.2) is 4.79 Å². The first-order valence-electron chi connectivity index (χ1n) is 9.25. The fourth-order valence-electron chi connectivity index (χ4n) is 3.75. The monoisotopic (exact) mass is 362 g/mol. The zero-order chi connectivity index (χ0) is 18.6. The third kappa shape index (κ3) is 4.09. The minimum Gasteiger partial charge on any atom is -0.478 e. The van der Waals surface area contributed by atoms with Gasteiger partial charge in [-0.05, 0) is 43.0 Å². The van der Waals surface area contributed by atoms with Gasteiger partial charge in [0.05, 0.1) is 12.1 Å². The van der Waals surface area contributed by atoms with Crippen LogP contribution in [-0.2, 0) is 6.54 Å². The summed E-state index contributed by atoms with van der Waals surface area (Å²) in [4.78, 5) is 13.6. The highest BCUT2D eigenvalue weighted by Crippen LogP contribution is 2.29. The maximum Gasteiger partial charge on any atom is 0.335 e. The summed E-state index contributed by atoms with van der Waals surface area (Å²) in [6, 6.07) is 19.3. The van der Waals surface area contributed by atoms with E-state index in [1.165, 1.54) is 0 Å². The molecule has 138 valence electrons. The van der Waals surface area contributed by atoms with E-state index in [-0.39, 0.29) is 0 Å². The summed E-state index contributed by atoms with van der Waals surface area (Å²) in [6.07, 6.45) is 2.16. The number of aromatic carboxylic acids is 1. The topological polar surface area (TPSA) is 66.6 Å². The van der Waals surface area contributed by atoms with Gasteiger partial charge in [0.2, 0.25) is 0 Å². The molecule has 1 aliphatic rings. The molecule has 0 saturated carbocycles. The number of rotatable bonds is 5. The van der Waals surface area contributed by atoms with Gasteiger partial charge < -0.3 is 9.63 Å². The molecule has 3 aromatic rings. The second-order valence-electron chi connectivity index (χ2n) is 7.05. The number of hydrogen-bond donors (Lipinski definition) is 1. The quantitative estimate of drug-likeness (QED) is 0.728. The van der Waals surface area contributed by atoms with E-state index in [0.717, 1.165) is 55.1 Å². The van der Waals surface area contributed by atoms with Crippen molar-refractivity contribution in [1.82, 2.24) is 10.1 Å². The molecule has 1 saturated heterocycles. The number of carboxylic acid groups (broad SMARTS) is 1. The van der Waals surface area contributed by atoms with Gasteiger partial charge in [-0.2, -0.15) is 0 Å². The second-order valence-corrected chi connectivity index (χ2v) is 7.05. The van der Waals surface area contributed by atoms with Gasteiger partial charge in [0.25, 0.3) is 0 Å². The lowest BCUT2D eigenvalue weighted by Crippen LogP contribution is -2.33. The normalized spacial score (nSPS) is 17.7. The Morgan fingerprint density at radius 2 is 2.00 bits per heavy atom. The first kappa shape index (κ1) is 17.5. The van der Waals surface area contributed by atoms with Crippen molar-refractivity contribution in [2.24, 2.45) is 0 Å². The summed E-state index contributed by atoms with van der Waals surface area (Å²) in [6.45, 7) is 2.62. The Bertz CT molecular complexity index is 920. The maximum absolute atomic E-state index is 11.2. The molecular formula is C22H22N2O3. The van der Waals surface area contributed by atoms with Crippen molar-refractivity contribution in [2.75, 3.05) is 13.1 Å². The first-order valence-corrected chi connectivity index (χ1v) is 9.25. The van der Waals surface area contributed by atoms with Crippen LogP contribution in [0.5, 0.6) is 0 Å². The largest absolute Gasteiger partial charge is 0.478 e. The predicted molar refractivity (Wildman–Crippen MR) is 103 cm³/mol. The van der Waals surface area contributed by atoms with Gasteiger partial charge in [0.15, 0.2) is 5.76 Å². The number of aromatic nitrogens is 1. The van der Waals surface area contributed by atoms with Crippen molar-refractivity contribution in [2.45, 2.75) is 25.3 Å². The molecule has 27 heavy (non-hydrogen) atoms. The average molecular weight is 362 g/mol. The zero-order valence-corrected chi connectivity index (χ0v) is 15.0. The highest BCUT2D eigenvalue weighted by molar-refractivity contribution is 5.87. The van der Waals surface area contributed by atoms with Gasteiger partial charge in [-0.1, -0.05) is 47.6 Å². The van der Waals surface area contributed by atoms with Crippen LogP contribution in [0.4, 0.5) is 0 Å². The molecule has 0 unspecified atom stereocenters. The standard InChI is InChI=1S/C22H22N2O3/c25-22(26)18-9-4-8-17(12-18)19-10-5-11-24(14-19)15-20-13-21(23-27-20)16-6-2-1-3-7-16/h1-4,6-9,12-13,19H,5,10-11,14-15H2,(H,25,26)/t19-/m1/s1. The summed E-state index contributed by atoms with van der Waals surface area (Å²) in [5.74, 6) is 0.322. The van der Waals surface area contributed by atoms with E-state index in [1.807, 2.05) is 48.5 Å². The SMILES string of the molecule is O=C(O)c1cccc([C@@H]2CCCN(Cc3cc(-c4ccccc4)no3)C2)c1. The Morgan fingerprint density at radius 3 is 2.81 bits per heavy atom. The maximum atomic E-state index is 11.2. The number of likely N-dealkylation sites (tertiary alicyclic amines) is 1. The number of benzene rings is 2. The smallest absolute Gasteiger partial charge is 0.335 e. The van der Waals surface area contributed by atoms with E-state index in [0.29, 0.717) is 11.5 Å². The van der Waals surface area contributed by atoms with Crippen molar-refractivity contribution < 1.29 is 14.4 Å². The Labute approximate surface area is 158 Å². The molecule has 2 aromatic carbocycles. The third-order valence-corrected chi connectivity index (χ3v) is 5.12. The highest BCUT2D eigenvalue weighted by Gasteiger charge is 2.23. The number of carbonyl (C=O) groups is 1. The molecule has 1 atom stereocenters. The number of carboxylic acids is 1. The van der Waals surface area contributed by atoms with E-state index in [4.69, 9.17) is 4.52 Å². The zero-order valence-electron chi connectivity index (χ0n) is 15.0. The first-order chi connectivity index (χ1) is 13.2. The van der Waals surface area contributed by atoms with Crippen LogP contribution >= 0.6 is 0 Å². The summed E-state index contributed by atoms with van der Waals surface area (Å²) in [7, 11) is 0. The molecule has 5 heteroatoms. The summed E-state index contributed by atoms with van der Waals surface area (Å²) < 4.78 is 5.54. The van der Waals surface area contributed by atoms with E-state index in [2.05, 4.69) is 10.1 Å². The van der Waals surface area contributed by atoms with Gasteiger partial charge in [-0.15, -0.1) is 0 Å². The second kappa shape index (κ2) is 7.76. The van der Waals surface area contributed by atoms with Gasteiger partial charge in [-0.3, -0.25) is 4.90 Å². The van der Waals surface area contributed by atoms with Crippen LogP contribution in [0.1, 0.15) is 40.4 Å². The van der Waals surface area contributed by atoms with Gasteiger partial charge >= 0.3 is 5.97 Å². The molecule has 1 N–H and O–H groups in total. The van der Waals surface area contributed by atoms with Crippen molar-refractivity contribution in [3.05, 3.63) is 77.6 Å². The predicted octanol–water partition coefficient (Wildman–Crippen LogP) is 4.42. The van der Waals surface area contributed by atoms with E-state index in [9.17, 15) is 9.90 Å². The summed E-state index contributed by atoms with van der Waals surface area (Å²) >= 11 is 0. The summed E-state index contributed by atoms with van der Waals surface area (Å²) in [5.41, 5.74) is 3.36. The van der Waals surface area contributed by atoms with Gasteiger partial charge in [0.1, 0.15) is 5.69 Å². The molecule has 4 rings (SSSR count). The number of hydrogen-bond acceptors (Lipinski definition) is 4. The van der Waals surface area contributed by atoms with E-state index < -0.39 is 5.97 Å². The minimum atomic E-state index is -0.875. The lowest BCUT2D eigenvalue weighted by Gasteiger charge is -2.32. The van der Waals surface area contributed by atoms with Crippen LogP contribution in [0.3, 0.4) is 0 Å². The molecule has 1 fully saturated rings. The minimum absolute atomic E-state index is 0.342. The lowest BCUT2D eigenvalue weighted by molar-refractivity contribution is 0.0696. The van der Waals surface area contributed by atoms with Crippen molar-refractivity contribution in [3.63, 3.8) is 0 Å². The molecule has 0 aliphatic carbocycles. The van der Waals surface area contributed by atoms with Crippen molar-refractivity contribution in [3.8, 4) is 11.3 Å². The Kier molecular flexibility index (Phi) is 5.03. The van der Waals surface area contributed by atoms with Crippen LogP contribution in [0, 0.1) is 0 Å². The van der Waals surface area contributed by atoms with Crippen LogP contribution in [0.25, 0.3) is 11.3 Å². The van der Waals surface area contributed by atoms with Crippen molar-refractivity contribution >= 4 is 5.97 Å². The fourth-order valence-corrected chi connectivity index (χ4v) is 3.75. The van der Waals surface area contributed by atoms with Crippen LogP contribution in [-0.4, -0.2) is 34.2 Å². The van der Waals surface area contributed by atoms with Gasteiger partial charge in [0, 0.05) is 18.2 Å². The van der Waals surface area contributed by atoms with Crippen LogP contribution in [0.15, 0.2) is 65.2 Å². The fraction of sp³-hybridized carbons (Fsp3) is 0.273. The number of piperidine rings is 1. The number of nitrogens with zero attached hydrogens (tertiary/aromatic N) is 2.